The van der Waals surface area contributed by atoms with Gasteiger partial charge in [-0.2, -0.15) is 0 Å². The minimum absolute atomic E-state index is 0.412. The van der Waals surface area contributed by atoms with Crippen LogP contribution in [-0.2, 0) is 29.3 Å². The molecule has 2 atom stereocenters. The number of anilines is 1. The number of ether oxygens (including phenoxy) is 2. The number of carbonyl (C=O) groups excluding carboxylic acids is 3. The molecule has 0 unspecified atom stereocenters. The van der Waals surface area contributed by atoms with E-state index in [0.29, 0.717) is 16.3 Å². The number of amides is 1. The topological polar surface area (TPSA) is 81.7 Å². The monoisotopic (exact) mass is 309 g/mol. The van der Waals surface area contributed by atoms with E-state index >= 15 is 0 Å². The highest BCUT2D eigenvalue weighted by molar-refractivity contribution is 6.31. The van der Waals surface area contributed by atoms with Gasteiger partial charge in [-0.25, -0.2) is 0 Å². The van der Waals surface area contributed by atoms with Crippen LogP contribution in [0.2, 0.25) is 5.02 Å². The first-order valence-corrected chi connectivity index (χ1v) is 6.63. The van der Waals surface area contributed by atoms with Crippen molar-refractivity contribution in [3.05, 3.63) is 28.8 Å². The molecule has 6 nitrogen and oxygen atoms in total. The minimum atomic E-state index is -1.28. The molecule has 0 saturated heterocycles. The highest BCUT2D eigenvalue weighted by Crippen LogP contribution is 2.65. The highest BCUT2D eigenvalue weighted by Gasteiger charge is 2.80. The molecule has 1 spiro atoms. The second-order valence-electron chi connectivity index (χ2n) is 5.01. The van der Waals surface area contributed by atoms with Crippen LogP contribution in [0.3, 0.4) is 0 Å². The lowest BCUT2D eigenvalue weighted by Gasteiger charge is -2.08. The Morgan fingerprint density at radius 3 is 2.29 bits per heavy atom. The second kappa shape index (κ2) is 4.46. The molecule has 7 heteroatoms. The van der Waals surface area contributed by atoms with Crippen molar-refractivity contribution < 1.29 is 23.9 Å². The molecule has 21 heavy (non-hydrogen) atoms. The van der Waals surface area contributed by atoms with Crippen molar-refractivity contribution in [2.75, 3.05) is 19.5 Å². The van der Waals surface area contributed by atoms with E-state index in [1.807, 2.05) is 0 Å². The van der Waals surface area contributed by atoms with Gasteiger partial charge < -0.3 is 14.8 Å². The van der Waals surface area contributed by atoms with Gasteiger partial charge >= 0.3 is 11.9 Å². The van der Waals surface area contributed by atoms with E-state index < -0.39 is 35.1 Å². The van der Waals surface area contributed by atoms with Gasteiger partial charge in [0.05, 0.1) is 26.1 Å². The Morgan fingerprint density at radius 1 is 1.19 bits per heavy atom. The van der Waals surface area contributed by atoms with Crippen LogP contribution in [0.25, 0.3) is 0 Å². The molecule has 0 aromatic heterocycles. The van der Waals surface area contributed by atoms with E-state index in [4.69, 9.17) is 21.1 Å². The molecule has 0 bridgehead atoms. The second-order valence-corrected chi connectivity index (χ2v) is 5.45. The van der Waals surface area contributed by atoms with Crippen molar-refractivity contribution in [2.45, 2.75) is 5.41 Å². The first-order valence-electron chi connectivity index (χ1n) is 6.25. The molecule has 110 valence electrons. The summed E-state index contributed by atoms with van der Waals surface area (Å²) < 4.78 is 9.44. The minimum Gasteiger partial charge on any atom is -0.469 e. The average Bonchev–Trinajstić information content (AvgIpc) is 3.10. The molecule has 1 N–H and O–H groups in total. The number of halogens is 1. The van der Waals surface area contributed by atoms with Crippen LogP contribution in [-0.4, -0.2) is 32.1 Å². The Balaban J connectivity index is 2.16. The van der Waals surface area contributed by atoms with Crippen LogP contribution in [0.5, 0.6) is 0 Å². The van der Waals surface area contributed by atoms with E-state index in [9.17, 15) is 14.4 Å². The molecular weight excluding hydrogens is 298 g/mol. The molecule has 1 fully saturated rings. The predicted molar refractivity (Wildman–Crippen MR) is 72.8 cm³/mol. The molecule has 1 amide bonds. The molecule has 1 aliphatic heterocycles. The SMILES string of the molecule is COC(=O)[C@H]1[C@H](C(=O)OC)C12C(=O)Nc1ccc(Cl)cc12. The van der Waals surface area contributed by atoms with E-state index in [1.54, 1.807) is 18.2 Å². The lowest BCUT2D eigenvalue weighted by molar-refractivity contribution is -0.148. The van der Waals surface area contributed by atoms with E-state index in [1.165, 1.54) is 14.2 Å². The third-order valence-corrected chi connectivity index (χ3v) is 4.40. The number of carbonyl (C=O) groups is 3. The van der Waals surface area contributed by atoms with Crippen LogP contribution in [0.1, 0.15) is 5.56 Å². The summed E-state index contributed by atoms with van der Waals surface area (Å²) in [6.07, 6.45) is 0. The van der Waals surface area contributed by atoms with Gasteiger partial charge in [0.2, 0.25) is 5.91 Å². The molecule has 1 aromatic carbocycles. The molecule has 1 aromatic rings. The fourth-order valence-electron chi connectivity index (χ4n) is 3.22. The van der Waals surface area contributed by atoms with Crippen LogP contribution in [0.15, 0.2) is 18.2 Å². The number of rotatable bonds is 2. The van der Waals surface area contributed by atoms with Crippen molar-refractivity contribution in [3.8, 4) is 0 Å². The van der Waals surface area contributed by atoms with E-state index in [0.717, 1.165) is 0 Å². The number of hydrogen-bond acceptors (Lipinski definition) is 5. The van der Waals surface area contributed by atoms with Gasteiger partial charge in [0.25, 0.3) is 0 Å². The standard InChI is InChI=1S/C14H12ClNO5/c1-20-11(17)9-10(12(18)21-2)14(9)7-5-6(15)3-4-8(7)16-13(14)19/h3-5,9-10H,1-2H3,(H,16,19)/t9-,10-/m1/s1. The summed E-state index contributed by atoms with van der Waals surface area (Å²) in [4.78, 5) is 36.3. The zero-order valence-electron chi connectivity index (χ0n) is 11.3. The smallest absolute Gasteiger partial charge is 0.311 e. The number of benzene rings is 1. The van der Waals surface area contributed by atoms with Gasteiger partial charge in [0.1, 0.15) is 5.41 Å². The van der Waals surface area contributed by atoms with Crippen molar-refractivity contribution >= 4 is 35.1 Å². The highest BCUT2D eigenvalue weighted by atomic mass is 35.5. The first-order chi connectivity index (χ1) is 9.98. The molecular formula is C14H12ClNO5. The number of methoxy groups -OCH3 is 2. The van der Waals surface area contributed by atoms with Crippen LogP contribution in [0.4, 0.5) is 5.69 Å². The van der Waals surface area contributed by atoms with Gasteiger partial charge in [-0.3, -0.25) is 14.4 Å². The molecule has 1 saturated carbocycles. The summed E-state index contributed by atoms with van der Waals surface area (Å²) in [7, 11) is 2.43. The zero-order chi connectivity index (χ0) is 15.4. The van der Waals surface area contributed by atoms with E-state index in [-0.39, 0.29) is 0 Å². The zero-order valence-corrected chi connectivity index (χ0v) is 12.1. The number of nitrogens with one attached hydrogen (secondary N) is 1. The van der Waals surface area contributed by atoms with Crippen LogP contribution in [0, 0.1) is 11.8 Å². The third-order valence-electron chi connectivity index (χ3n) is 4.17. The Hall–Kier alpha value is -2.08. The largest absolute Gasteiger partial charge is 0.469 e. The van der Waals surface area contributed by atoms with Gasteiger partial charge in [0.15, 0.2) is 0 Å². The summed E-state index contributed by atoms with van der Waals surface area (Å²) in [6, 6.07) is 4.86. The van der Waals surface area contributed by atoms with Gasteiger partial charge in [-0.05, 0) is 23.8 Å². The lowest BCUT2D eigenvalue weighted by Crippen LogP contribution is -2.26. The summed E-state index contributed by atoms with van der Waals surface area (Å²) in [6.45, 7) is 0. The summed E-state index contributed by atoms with van der Waals surface area (Å²) in [5.41, 5.74) is -0.198. The van der Waals surface area contributed by atoms with Crippen molar-refractivity contribution in [3.63, 3.8) is 0 Å². The lowest BCUT2D eigenvalue weighted by atomic mass is 9.93. The Labute approximate surface area is 125 Å². The Kier molecular flexibility index (Phi) is 2.95. The van der Waals surface area contributed by atoms with Crippen molar-refractivity contribution in [1.82, 2.24) is 0 Å². The Morgan fingerprint density at radius 2 is 1.76 bits per heavy atom. The summed E-state index contributed by atoms with van der Waals surface area (Å²) in [5.74, 6) is -3.43. The summed E-state index contributed by atoms with van der Waals surface area (Å²) >= 11 is 5.98. The average molecular weight is 310 g/mol. The molecule has 0 radical (unpaired) electrons. The molecule has 1 heterocycles. The van der Waals surface area contributed by atoms with Crippen molar-refractivity contribution in [1.29, 1.82) is 0 Å². The number of hydrogen-bond donors (Lipinski definition) is 1. The van der Waals surface area contributed by atoms with Crippen LogP contribution < -0.4 is 5.32 Å². The third kappa shape index (κ3) is 1.62. The van der Waals surface area contributed by atoms with Gasteiger partial charge in [-0.1, -0.05) is 11.6 Å². The maximum absolute atomic E-state index is 12.4. The summed E-state index contributed by atoms with van der Waals surface area (Å²) in [5, 5.41) is 3.10. The van der Waals surface area contributed by atoms with Gasteiger partial charge in [0, 0.05) is 10.7 Å². The first kappa shape index (κ1) is 13.9. The Bertz CT molecular complexity index is 649. The molecule has 1 aliphatic carbocycles. The number of esters is 2. The fourth-order valence-corrected chi connectivity index (χ4v) is 3.39. The van der Waals surface area contributed by atoms with Crippen LogP contribution >= 0.6 is 11.6 Å². The molecule has 2 aliphatic rings. The quantitative estimate of drug-likeness (QED) is 0.828. The fraction of sp³-hybridized carbons (Fsp3) is 0.357. The predicted octanol–water partition coefficient (Wildman–Crippen LogP) is 1.12. The van der Waals surface area contributed by atoms with E-state index in [2.05, 4.69) is 5.32 Å². The molecule has 3 rings (SSSR count). The number of fused-ring (bicyclic) bond motifs is 2. The normalized spacial score (nSPS) is 28.8. The van der Waals surface area contributed by atoms with Crippen molar-refractivity contribution in [2.24, 2.45) is 11.8 Å². The van der Waals surface area contributed by atoms with Gasteiger partial charge in [-0.15, -0.1) is 0 Å². The maximum Gasteiger partial charge on any atom is 0.311 e. The maximum atomic E-state index is 12.4.